The molecule has 0 spiro atoms. The smallest absolute Gasteiger partial charge is 0.338 e. The molecule has 0 aliphatic carbocycles. The molecule has 3 rings (SSSR count). The van der Waals surface area contributed by atoms with E-state index in [2.05, 4.69) is 5.32 Å². The molecule has 0 aliphatic rings. The molecule has 0 aromatic heterocycles. The van der Waals surface area contributed by atoms with Crippen LogP contribution in [0.25, 0.3) is 10.8 Å². The Labute approximate surface area is 200 Å². The summed E-state index contributed by atoms with van der Waals surface area (Å²) < 4.78 is 15.4. The number of methoxy groups -OCH3 is 1. The molecule has 0 heterocycles. The molecule has 1 amide bonds. The maximum atomic E-state index is 12.5. The molecule has 3 aromatic rings. The van der Waals surface area contributed by atoms with Crippen LogP contribution in [0.15, 0.2) is 48.5 Å². The van der Waals surface area contributed by atoms with Crippen molar-refractivity contribution >= 4 is 57.5 Å². The summed E-state index contributed by atoms with van der Waals surface area (Å²) in [5, 5.41) is 4.50. The number of benzene rings is 3. The minimum Gasteiger partial charge on any atom is -0.483 e. The van der Waals surface area contributed by atoms with Crippen molar-refractivity contribution in [1.29, 1.82) is 0 Å². The average Bonchev–Trinajstić information content (AvgIpc) is 2.76. The average molecular weight is 490 g/mol. The van der Waals surface area contributed by atoms with E-state index in [0.717, 1.165) is 0 Å². The van der Waals surface area contributed by atoms with Crippen LogP contribution in [-0.4, -0.2) is 38.2 Å². The summed E-state index contributed by atoms with van der Waals surface area (Å²) >= 11 is 12.4. The second-order valence-electron chi connectivity index (χ2n) is 6.97. The fourth-order valence-corrected chi connectivity index (χ4v) is 3.82. The molecule has 3 aromatic carbocycles. The second kappa shape index (κ2) is 11.0. The van der Waals surface area contributed by atoms with Gasteiger partial charge in [-0.25, -0.2) is 4.79 Å². The van der Waals surface area contributed by atoms with E-state index in [1.165, 1.54) is 13.2 Å². The maximum Gasteiger partial charge on any atom is 0.338 e. The molecule has 0 saturated carbocycles. The van der Waals surface area contributed by atoms with E-state index in [9.17, 15) is 14.4 Å². The number of carbonyl (C=O) groups excluding carboxylic acids is 3. The summed E-state index contributed by atoms with van der Waals surface area (Å²) in [4.78, 5) is 36.2. The number of ether oxygens (including phenoxy) is 3. The van der Waals surface area contributed by atoms with E-state index in [1.807, 2.05) is 0 Å². The highest BCUT2D eigenvalue weighted by molar-refractivity contribution is 6.39. The van der Waals surface area contributed by atoms with Gasteiger partial charge in [0.2, 0.25) is 0 Å². The molecule has 0 saturated heterocycles. The molecule has 172 valence electrons. The zero-order chi connectivity index (χ0) is 24.0. The highest BCUT2D eigenvalue weighted by atomic mass is 35.5. The third kappa shape index (κ3) is 6.37. The van der Waals surface area contributed by atoms with Crippen molar-refractivity contribution in [3.05, 3.63) is 69.7 Å². The first-order valence-corrected chi connectivity index (χ1v) is 10.7. The van der Waals surface area contributed by atoms with E-state index < -0.39 is 11.9 Å². The Morgan fingerprint density at radius 1 is 1.03 bits per heavy atom. The van der Waals surface area contributed by atoms with Gasteiger partial charge < -0.3 is 19.5 Å². The topological polar surface area (TPSA) is 90.9 Å². The Hall–Kier alpha value is -3.29. The number of esters is 2. The van der Waals surface area contributed by atoms with Gasteiger partial charge in [-0.05, 0) is 54.3 Å². The molecule has 0 atom stereocenters. The fourth-order valence-electron chi connectivity index (χ4n) is 3.22. The monoisotopic (exact) mass is 489 g/mol. The van der Waals surface area contributed by atoms with Gasteiger partial charge in [-0.1, -0.05) is 35.3 Å². The first kappa shape index (κ1) is 24.4. The summed E-state index contributed by atoms with van der Waals surface area (Å²) in [7, 11) is 1.27. The second-order valence-corrected chi connectivity index (χ2v) is 7.81. The molecule has 0 unspecified atom stereocenters. The number of anilines is 1. The lowest BCUT2D eigenvalue weighted by molar-refractivity contribution is -0.142. The zero-order valence-corrected chi connectivity index (χ0v) is 19.5. The first-order chi connectivity index (χ1) is 15.8. The van der Waals surface area contributed by atoms with Crippen LogP contribution in [0.1, 0.15) is 22.8 Å². The van der Waals surface area contributed by atoms with E-state index in [-0.39, 0.29) is 30.3 Å². The predicted octanol–water partition coefficient (Wildman–Crippen LogP) is 5.06. The summed E-state index contributed by atoms with van der Waals surface area (Å²) in [5.74, 6) is -1.12. The molecule has 0 fully saturated rings. The quantitative estimate of drug-likeness (QED) is 0.444. The lowest BCUT2D eigenvalue weighted by Gasteiger charge is -2.13. The lowest BCUT2D eigenvalue weighted by atomic mass is 10.1. The number of hydrogen-bond donors (Lipinski definition) is 1. The molecule has 0 aliphatic heterocycles. The van der Waals surface area contributed by atoms with Crippen molar-refractivity contribution in [1.82, 2.24) is 0 Å². The molecule has 0 radical (unpaired) electrons. The van der Waals surface area contributed by atoms with Crippen LogP contribution in [0, 0.1) is 0 Å². The highest BCUT2D eigenvalue weighted by Gasteiger charge is 2.16. The molecule has 33 heavy (non-hydrogen) atoms. The Morgan fingerprint density at radius 2 is 1.82 bits per heavy atom. The fraction of sp³-hybridized carbons (Fsp3) is 0.208. The van der Waals surface area contributed by atoms with Crippen molar-refractivity contribution < 1.29 is 28.6 Å². The van der Waals surface area contributed by atoms with Gasteiger partial charge in [-0.2, -0.15) is 0 Å². The van der Waals surface area contributed by atoms with Crippen LogP contribution in [-0.2, 0) is 25.5 Å². The van der Waals surface area contributed by atoms with Crippen molar-refractivity contribution in [3.8, 4) is 5.75 Å². The molecule has 1 N–H and O–H groups in total. The van der Waals surface area contributed by atoms with Gasteiger partial charge in [0.25, 0.3) is 5.91 Å². The summed E-state index contributed by atoms with van der Waals surface area (Å²) in [6.45, 7) is 1.69. The van der Waals surface area contributed by atoms with Crippen LogP contribution in [0.2, 0.25) is 10.0 Å². The number of carbonyl (C=O) groups is 3. The maximum absolute atomic E-state index is 12.5. The molecule has 0 bridgehead atoms. The largest absolute Gasteiger partial charge is 0.483 e. The third-order valence-corrected chi connectivity index (χ3v) is 5.09. The standard InChI is InChI=1S/C24H21Cl2NO6/c1-3-32-22(29)8-14-5-4-6-18(7-14)27-21(28)13-33-20-11-16(24(30)31-2)9-15-10-17(25)12-19(26)23(15)20/h4-7,9-12H,3,8,13H2,1-2H3,(H,27,28). The van der Waals surface area contributed by atoms with E-state index in [1.54, 1.807) is 49.4 Å². The van der Waals surface area contributed by atoms with Gasteiger partial charge >= 0.3 is 11.9 Å². The summed E-state index contributed by atoms with van der Waals surface area (Å²) in [6, 6.07) is 13.1. The number of amides is 1. The SMILES string of the molecule is CCOC(=O)Cc1cccc(NC(=O)COc2cc(C(=O)OC)cc3cc(Cl)cc(Cl)c23)c1. The predicted molar refractivity (Wildman–Crippen MR) is 126 cm³/mol. The number of halogens is 2. The Morgan fingerprint density at radius 3 is 2.55 bits per heavy atom. The number of nitrogens with one attached hydrogen (secondary N) is 1. The Kier molecular flexibility index (Phi) is 8.14. The van der Waals surface area contributed by atoms with Crippen LogP contribution < -0.4 is 10.1 Å². The number of hydrogen-bond acceptors (Lipinski definition) is 6. The number of rotatable bonds is 8. The molecular weight excluding hydrogens is 469 g/mol. The summed E-state index contributed by atoms with van der Waals surface area (Å²) in [6.07, 6.45) is 0.0986. The van der Waals surface area contributed by atoms with Gasteiger partial charge in [0.05, 0.1) is 30.7 Å². The Bertz CT molecular complexity index is 1210. The van der Waals surface area contributed by atoms with Crippen molar-refractivity contribution in [2.45, 2.75) is 13.3 Å². The van der Waals surface area contributed by atoms with Gasteiger partial charge in [0, 0.05) is 16.1 Å². The minimum atomic E-state index is -0.569. The minimum absolute atomic E-state index is 0.0986. The van der Waals surface area contributed by atoms with E-state index in [0.29, 0.717) is 38.7 Å². The van der Waals surface area contributed by atoms with Crippen LogP contribution in [0.4, 0.5) is 5.69 Å². The first-order valence-electron chi connectivity index (χ1n) is 9.99. The summed E-state index contributed by atoms with van der Waals surface area (Å²) in [5.41, 5.74) is 1.43. The zero-order valence-electron chi connectivity index (χ0n) is 17.9. The highest BCUT2D eigenvalue weighted by Crippen LogP contribution is 2.36. The van der Waals surface area contributed by atoms with Gasteiger partial charge in [-0.3, -0.25) is 9.59 Å². The van der Waals surface area contributed by atoms with Gasteiger partial charge in [0.1, 0.15) is 5.75 Å². The molecule has 7 nitrogen and oxygen atoms in total. The Balaban J connectivity index is 1.77. The lowest BCUT2D eigenvalue weighted by Crippen LogP contribution is -2.20. The van der Waals surface area contributed by atoms with E-state index >= 15 is 0 Å². The third-order valence-electron chi connectivity index (χ3n) is 4.57. The van der Waals surface area contributed by atoms with Gasteiger partial charge in [0.15, 0.2) is 6.61 Å². The normalized spacial score (nSPS) is 10.5. The van der Waals surface area contributed by atoms with Crippen molar-refractivity contribution in [3.63, 3.8) is 0 Å². The van der Waals surface area contributed by atoms with Crippen LogP contribution in [0.5, 0.6) is 5.75 Å². The van der Waals surface area contributed by atoms with Gasteiger partial charge in [-0.15, -0.1) is 0 Å². The van der Waals surface area contributed by atoms with Crippen molar-refractivity contribution in [2.24, 2.45) is 0 Å². The van der Waals surface area contributed by atoms with Crippen LogP contribution >= 0.6 is 23.2 Å². The molecule has 9 heteroatoms. The van der Waals surface area contributed by atoms with E-state index in [4.69, 9.17) is 37.4 Å². The molecular formula is C24H21Cl2NO6. The van der Waals surface area contributed by atoms with Crippen molar-refractivity contribution in [2.75, 3.05) is 25.6 Å². The number of fused-ring (bicyclic) bond motifs is 1. The van der Waals surface area contributed by atoms with Crippen LogP contribution in [0.3, 0.4) is 0 Å².